The Labute approximate surface area is 136 Å². The first-order valence-electron chi connectivity index (χ1n) is 8.11. The van der Waals surface area contributed by atoms with Crippen LogP contribution in [0.3, 0.4) is 0 Å². The molecule has 1 aliphatic carbocycles. The van der Waals surface area contributed by atoms with Crippen molar-refractivity contribution in [3.05, 3.63) is 29.6 Å². The van der Waals surface area contributed by atoms with E-state index < -0.39 is 18.3 Å². The molecular weight excluding hydrogens is 296 g/mol. The standard InChI is InChI=1S/C17H23BFNO3/c1-16(2)17(3,4)23-18(22-16)13-7-8-14(19)12(9-13)10-20-15(21)11-5-6-11/h7-9,11H,5-6,10H2,1-4H3,(H,20,21). The Bertz CT molecular complexity index is 612. The normalized spacial score (nSPS) is 22.2. The topological polar surface area (TPSA) is 47.6 Å². The minimum Gasteiger partial charge on any atom is -0.399 e. The van der Waals surface area contributed by atoms with Crippen molar-refractivity contribution < 1.29 is 18.5 Å². The molecule has 0 atom stereocenters. The van der Waals surface area contributed by atoms with Gasteiger partial charge >= 0.3 is 7.12 Å². The molecule has 1 saturated carbocycles. The van der Waals surface area contributed by atoms with Crippen LogP contribution in [0.25, 0.3) is 0 Å². The lowest BCUT2D eigenvalue weighted by Crippen LogP contribution is -2.41. The van der Waals surface area contributed by atoms with Crippen molar-refractivity contribution in [1.82, 2.24) is 5.32 Å². The number of hydrogen-bond donors (Lipinski definition) is 1. The van der Waals surface area contributed by atoms with Gasteiger partial charge < -0.3 is 14.6 Å². The molecule has 2 aliphatic rings. The van der Waals surface area contributed by atoms with Crippen LogP contribution in [0.2, 0.25) is 0 Å². The van der Waals surface area contributed by atoms with Gasteiger partial charge in [-0.05, 0) is 52.1 Å². The average molecular weight is 319 g/mol. The summed E-state index contributed by atoms with van der Waals surface area (Å²) in [5.74, 6) is -0.212. The molecular formula is C17H23BFNO3. The summed E-state index contributed by atoms with van der Waals surface area (Å²) in [6.45, 7) is 8.11. The zero-order valence-electron chi connectivity index (χ0n) is 14.1. The van der Waals surface area contributed by atoms with Crippen LogP contribution >= 0.6 is 0 Å². The summed E-state index contributed by atoms with van der Waals surface area (Å²) in [7, 11) is -0.529. The highest BCUT2D eigenvalue weighted by Gasteiger charge is 2.51. The van der Waals surface area contributed by atoms with Crippen LogP contribution < -0.4 is 10.8 Å². The minimum atomic E-state index is -0.529. The minimum absolute atomic E-state index is 0.00503. The van der Waals surface area contributed by atoms with Gasteiger partial charge in [0, 0.05) is 18.0 Å². The van der Waals surface area contributed by atoms with E-state index in [0.717, 1.165) is 18.3 Å². The fourth-order valence-corrected chi connectivity index (χ4v) is 2.53. The van der Waals surface area contributed by atoms with Crippen LogP contribution in [0.4, 0.5) is 4.39 Å². The SMILES string of the molecule is CC1(C)OB(c2ccc(F)c(CNC(=O)C3CC3)c2)OC1(C)C. The average Bonchev–Trinajstić information content (AvgIpc) is 3.26. The van der Waals surface area contributed by atoms with Crippen LogP contribution in [0.1, 0.15) is 46.1 Å². The smallest absolute Gasteiger partial charge is 0.399 e. The van der Waals surface area contributed by atoms with Crippen LogP contribution in [0.5, 0.6) is 0 Å². The molecule has 1 aromatic carbocycles. The maximum atomic E-state index is 14.0. The fraction of sp³-hybridized carbons (Fsp3) is 0.588. The number of halogens is 1. The molecule has 1 aliphatic heterocycles. The Morgan fingerprint density at radius 1 is 1.26 bits per heavy atom. The molecule has 6 heteroatoms. The van der Waals surface area contributed by atoms with E-state index in [-0.39, 0.29) is 24.2 Å². The summed E-state index contributed by atoms with van der Waals surface area (Å²) in [6.07, 6.45) is 1.87. The van der Waals surface area contributed by atoms with Crippen molar-refractivity contribution in [3.63, 3.8) is 0 Å². The maximum Gasteiger partial charge on any atom is 0.494 e. The van der Waals surface area contributed by atoms with Gasteiger partial charge in [-0.1, -0.05) is 12.1 Å². The van der Waals surface area contributed by atoms with Crippen LogP contribution in [-0.2, 0) is 20.6 Å². The van der Waals surface area contributed by atoms with Crippen molar-refractivity contribution in [2.24, 2.45) is 5.92 Å². The van der Waals surface area contributed by atoms with Crippen molar-refractivity contribution in [2.45, 2.75) is 58.3 Å². The van der Waals surface area contributed by atoms with E-state index in [0.29, 0.717) is 5.56 Å². The molecule has 1 saturated heterocycles. The van der Waals surface area contributed by atoms with Gasteiger partial charge in [-0.15, -0.1) is 0 Å². The summed E-state index contributed by atoms with van der Waals surface area (Å²) < 4.78 is 26.0. The molecule has 0 radical (unpaired) electrons. The lowest BCUT2D eigenvalue weighted by molar-refractivity contribution is -0.122. The second-order valence-electron chi connectivity index (χ2n) is 7.43. The molecule has 4 nitrogen and oxygen atoms in total. The molecule has 1 N–H and O–H groups in total. The van der Waals surface area contributed by atoms with Gasteiger partial charge in [-0.3, -0.25) is 4.79 Å². The third-order valence-electron chi connectivity index (χ3n) is 5.00. The highest BCUT2D eigenvalue weighted by atomic mass is 19.1. The monoisotopic (exact) mass is 319 g/mol. The van der Waals surface area contributed by atoms with Crippen LogP contribution in [0, 0.1) is 11.7 Å². The first-order chi connectivity index (χ1) is 10.7. The van der Waals surface area contributed by atoms with Gasteiger partial charge in [-0.2, -0.15) is 0 Å². The predicted molar refractivity (Wildman–Crippen MR) is 86.7 cm³/mol. The van der Waals surface area contributed by atoms with E-state index in [9.17, 15) is 9.18 Å². The quantitative estimate of drug-likeness (QED) is 0.865. The van der Waals surface area contributed by atoms with Crippen molar-refractivity contribution in [3.8, 4) is 0 Å². The summed E-state index contributed by atoms with van der Waals surface area (Å²) in [5, 5.41) is 2.79. The highest BCUT2D eigenvalue weighted by molar-refractivity contribution is 6.62. The first-order valence-corrected chi connectivity index (χ1v) is 8.11. The number of carbonyl (C=O) groups excluding carboxylic acids is 1. The van der Waals surface area contributed by atoms with Gasteiger partial charge in [0.15, 0.2) is 0 Å². The number of hydrogen-bond acceptors (Lipinski definition) is 3. The van der Waals surface area contributed by atoms with Crippen LogP contribution in [-0.4, -0.2) is 24.2 Å². The molecule has 0 spiro atoms. The van der Waals surface area contributed by atoms with E-state index in [1.54, 1.807) is 12.1 Å². The van der Waals surface area contributed by atoms with Gasteiger partial charge in [0.2, 0.25) is 5.91 Å². The Kier molecular flexibility index (Phi) is 4.01. The molecule has 0 aromatic heterocycles. The van der Waals surface area contributed by atoms with Crippen LogP contribution in [0.15, 0.2) is 18.2 Å². The summed E-state index contributed by atoms with van der Waals surface area (Å²) >= 11 is 0. The first kappa shape index (κ1) is 16.5. The number of carbonyl (C=O) groups is 1. The molecule has 1 heterocycles. The molecule has 3 rings (SSSR count). The van der Waals surface area contributed by atoms with E-state index in [2.05, 4.69) is 5.32 Å². The third-order valence-corrected chi connectivity index (χ3v) is 5.00. The third kappa shape index (κ3) is 3.28. The highest BCUT2D eigenvalue weighted by Crippen LogP contribution is 2.36. The largest absolute Gasteiger partial charge is 0.494 e. The van der Waals surface area contributed by atoms with E-state index in [1.165, 1.54) is 6.07 Å². The Morgan fingerprint density at radius 2 is 1.87 bits per heavy atom. The van der Waals surface area contributed by atoms with E-state index >= 15 is 0 Å². The van der Waals surface area contributed by atoms with Gasteiger partial charge in [0.25, 0.3) is 0 Å². The number of amides is 1. The molecule has 124 valence electrons. The van der Waals surface area contributed by atoms with Crippen molar-refractivity contribution >= 4 is 18.5 Å². The van der Waals surface area contributed by atoms with Gasteiger partial charge in [0.05, 0.1) is 11.2 Å². The maximum absolute atomic E-state index is 14.0. The molecule has 0 unspecified atom stereocenters. The van der Waals surface area contributed by atoms with E-state index in [4.69, 9.17) is 9.31 Å². The number of rotatable bonds is 4. The Balaban J connectivity index is 1.74. The van der Waals surface area contributed by atoms with Crippen molar-refractivity contribution in [1.29, 1.82) is 0 Å². The predicted octanol–water partition coefficient (Wildman–Crippen LogP) is 2.15. The molecule has 0 bridgehead atoms. The summed E-state index contributed by atoms with van der Waals surface area (Å²) in [4.78, 5) is 11.7. The second-order valence-corrected chi connectivity index (χ2v) is 7.43. The molecule has 23 heavy (non-hydrogen) atoms. The molecule has 1 aromatic rings. The molecule has 1 amide bonds. The lowest BCUT2D eigenvalue weighted by atomic mass is 9.78. The van der Waals surface area contributed by atoms with Gasteiger partial charge in [0.1, 0.15) is 5.82 Å². The zero-order valence-corrected chi connectivity index (χ0v) is 14.1. The zero-order chi connectivity index (χ0) is 16.8. The lowest BCUT2D eigenvalue weighted by Gasteiger charge is -2.32. The fourth-order valence-electron chi connectivity index (χ4n) is 2.53. The Hall–Kier alpha value is -1.40. The summed E-state index contributed by atoms with van der Waals surface area (Å²) in [5.41, 5.74) is 0.339. The van der Waals surface area contributed by atoms with Gasteiger partial charge in [-0.25, -0.2) is 4.39 Å². The number of benzene rings is 1. The number of nitrogens with one attached hydrogen (secondary N) is 1. The van der Waals surface area contributed by atoms with E-state index in [1.807, 2.05) is 27.7 Å². The molecule has 2 fully saturated rings. The second kappa shape index (κ2) is 5.60. The summed E-state index contributed by atoms with van der Waals surface area (Å²) in [6, 6.07) is 4.79. The Morgan fingerprint density at radius 3 is 2.43 bits per heavy atom. The van der Waals surface area contributed by atoms with Crippen molar-refractivity contribution in [2.75, 3.05) is 0 Å².